The molecule has 0 N–H and O–H groups in total. The van der Waals surface area contributed by atoms with E-state index in [1.54, 1.807) is 12.1 Å². The van der Waals surface area contributed by atoms with Crippen molar-refractivity contribution >= 4 is 19.2 Å². The molecule has 0 amide bonds. The summed E-state index contributed by atoms with van der Waals surface area (Å²) in [6.07, 6.45) is 3.01. The predicted octanol–water partition coefficient (Wildman–Crippen LogP) is 4.73. The van der Waals surface area contributed by atoms with E-state index in [1.807, 2.05) is 23.5 Å². The maximum atomic E-state index is 12.2. The van der Waals surface area contributed by atoms with E-state index in [0.29, 0.717) is 17.4 Å². The molecule has 0 aromatic heterocycles. The molecule has 1 aliphatic rings. The highest BCUT2D eigenvalue weighted by Crippen LogP contribution is 2.31. The van der Waals surface area contributed by atoms with Crippen molar-refractivity contribution in [3.63, 3.8) is 0 Å². The summed E-state index contributed by atoms with van der Waals surface area (Å²) in [6.45, 7) is 14.6. The van der Waals surface area contributed by atoms with E-state index in [4.69, 9.17) is 9.78 Å². The average Bonchev–Trinajstić information content (AvgIpc) is 2.65. The number of hydrogen-bond acceptors (Lipinski definition) is 3. The number of hydrogen-bond donors (Lipinski definition) is 0. The van der Waals surface area contributed by atoms with Gasteiger partial charge >= 0.3 is 5.97 Å². The van der Waals surface area contributed by atoms with Crippen LogP contribution in [0.25, 0.3) is 0 Å². The highest BCUT2D eigenvalue weighted by atomic mass is 28.3. The van der Waals surface area contributed by atoms with Crippen molar-refractivity contribution in [2.24, 2.45) is 11.8 Å². The molecule has 0 bridgehead atoms. The molecule has 1 aromatic rings. The molecule has 0 radical (unpaired) electrons. The molecule has 1 fully saturated rings. The molecule has 136 valence electrons. The van der Waals surface area contributed by atoms with E-state index < -0.39 is 14.0 Å². The molecule has 4 heteroatoms. The van der Waals surface area contributed by atoms with Gasteiger partial charge in [0, 0.05) is 0 Å². The standard InChI is InChI=1S/C21H30O3Si/c1-6-25(7-2,8-3)20-13-10-18(11-14-20)21(22)24-23-19-12-9-16(4)17(5)15-19/h6-7,10-11,13-14,16-17,19H,1-2,8-9,12,15H2,3-5H3. The van der Waals surface area contributed by atoms with Crippen LogP contribution in [0.4, 0.5) is 0 Å². The van der Waals surface area contributed by atoms with Gasteiger partial charge in [-0.3, -0.25) is 4.89 Å². The molecular formula is C21H30O3Si. The minimum Gasteiger partial charge on any atom is -0.293 e. The molecule has 3 nitrogen and oxygen atoms in total. The van der Waals surface area contributed by atoms with Gasteiger partial charge in [-0.2, -0.15) is 4.89 Å². The van der Waals surface area contributed by atoms with Gasteiger partial charge in [0.2, 0.25) is 0 Å². The third kappa shape index (κ3) is 4.50. The summed E-state index contributed by atoms with van der Waals surface area (Å²) in [5.74, 6) is 0.876. The van der Waals surface area contributed by atoms with E-state index in [-0.39, 0.29) is 6.10 Å². The van der Waals surface area contributed by atoms with Crippen LogP contribution in [0.3, 0.4) is 0 Å². The Morgan fingerprint density at radius 3 is 2.32 bits per heavy atom. The van der Waals surface area contributed by atoms with Crippen molar-refractivity contribution in [2.75, 3.05) is 0 Å². The Bertz CT molecular complexity index is 600. The molecule has 2 rings (SSSR count). The topological polar surface area (TPSA) is 35.5 Å². The fourth-order valence-electron chi connectivity index (χ4n) is 3.47. The van der Waals surface area contributed by atoms with E-state index >= 15 is 0 Å². The predicted molar refractivity (Wildman–Crippen MR) is 105 cm³/mol. The molecule has 0 saturated heterocycles. The summed E-state index contributed by atoms with van der Waals surface area (Å²) in [5, 5.41) is 1.20. The van der Waals surface area contributed by atoms with Crippen molar-refractivity contribution in [2.45, 2.75) is 52.2 Å². The lowest BCUT2D eigenvalue weighted by Crippen LogP contribution is -2.43. The summed E-state index contributed by atoms with van der Waals surface area (Å²) in [5.41, 5.74) is 4.57. The zero-order valence-corrected chi connectivity index (χ0v) is 16.7. The van der Waals surface area contributed by atoms with Crippen molar-refractivity contribution in [1.29, 1.82) is 0 Å². The summed E-state index contributed by atoms with van der Waals surface area (Å²) in [7, 11) is -1.87. The Balaban J connectivity index is 1.96. The van der Waals surface area contributed by atoms with E-state index in [1.165, 1.54) is 5.19 Å². The van der Waals surface area contributed by atoms with E-state index in [2.05, 4.69) is 33.9 Å². The Morgan fingerprint density at radius 1 is 1.16 bits per heavy atom. The van der Waals surface area contributed by atoms with Gasteiger partial charge in [0.25, 0.3) is 0 Å². The van der Waals surface area contributed by atoms with Gasteiger partial charge in [-0.25, -0.2) is 4.79 Å². The SMILES string of the molecule is C=C[Si](C=C)(CC)c1ccc(C(=O)OOC2CCC(C)C(C)C2)cc1. The van der Waals surface area contributed by atoms with Gasteiger partial charge in [-0.1, -0.05) is 49.5 Å². The van der Waals surface area contributed by atoms with Gasteiger partial charge in [0.15, 0.2) is 0 Å². The molecule has 0 spiro atoms. The van der Waals surface area contributed by atoms with Crippen molar-refractivity contribution < 1.29 is 14.6 Å². The van der Waals surface area contributed by atoms with Gasteiger partial charge in [-0.15, -0.1) is 13.2 Å². The van der Waals surface area contributed by atoms with Crippen LogP contribution >= 0.6 is 0 Å². The third-order valence-electron chi connectivity index (χ3n) is 5.78. The maximum absolute atomic E-state index is 12.2. The highest BCUT2D eigenvalue weighted by Gasteiger charge is 2.28. The van der Waals surface area contributed by atoms with Gasteiger partial charge < -0.3 is 0 Å². The smallest absolute Gasteiger partial charge is 0.293 e. The number of carbonyl (C=O) groups is 1. The molecule has 0 heterocycles. The van der Waals surface area contributed by atoms with Gasteiger partial charge in [0.05, 0.1) is 5.56 Å². The minimum absolute atomic E-state index is 0.0103. The summed E-state index contributed by atoms with van der Waals surface area (Å²) < 4.78 is 0. The molecule has 25 heavy (non-hydrogen) atoms. The summed E-state index contributed by atoms with van der Waals surface area (Å²) >= 11 is 0. The Hall–Kier alpha value is -1.65. The van der Waals surface area contributed by atoms with Crippen molar-refractivity contribution in [3.05, 3.63) is 54.4 Å². The fraction of sp³-hybridized carbons (Fsp3) is 0.476. The number of benzene rings is 1. The number of carbonyl (C=O) groups excluding carboxylic acids is 1. The molecule has 3 atom stereocenters. The first-order valence-corrected chi connectivity index (χ1v) is 11.6. The second kappa shape index (κ2) is 8.63. The molecule has 1 saturated carbocycles. The largest absolute Gasteiger partial charge is 0.373 e. The highest BCUT2D eigenvalue weighted by molar-refractivity contribution is 6.99. The van der Waals surface area contributed by atoms with E-state index in [9.17, 15) is 4.79 Å². The second-order valence-electron chi connectivity index (χ2n) is 7.24. The molecule has 0 aliphatic heterocycles. The van der Waals surface area contributed by atoms with Crippen LogP contribution in [0, 0.1) is 11.8 Å². The summed E-state index contributed by atoms with van der Waals surface area (Å²) in [4.78, 5) is 22.7. The minimum atomic E-state index is -1.87. The third-order valence-corrected chi connectivity index (χ3v) is 9.82. The molecular weight excluding hydrogens is 328 g/mol. The summed E-state index contributed by atoms with van der Waals surface area (Å²) in [6, 6.07) is 8.58. The quantitative estimate of drug-likeness (QED) is 0.402. The Morgan fingerprint density at radius 2 is 1.80 bits per heavy atom. The molecule has 1 aromatic carbocycles. The lowest BCUT2D eigenvalue weighted by Gasteiger charge is -2.30. The van der Waals surface area contributed by atoms with Crippen LogP contribution in [0.5, 0.6) is 0 Å². The first-order valence-electron chi connectivity index (χ1n) is 9.21. The lowest BCUT2D eigenvalue weighted by atomic mass is 9.80. The van der Waals surface area contributed by atoms with Crippen LogP contribution in [0.2, 0.25) is 6.04 Å². The molecule has 3 unspecified atom stereocenters. The zero-order chi connectivity index (χ0) is 18.4. The maximum Gasteiger partial charge on any atom is 0.373 e. The second-order valence-corrected chi connectivity index (χ2v) is 11.4. The fourth-order valence-corrected chi connectivity index (χ4v) is 5.88. The van der Waals surface area contributed by atoms with Crippen molar-refractivity contribution in [1.82, 2.24) is 0 Å². The lowest BCUT2D eigenvalue weighted by molar-refractivity contribution is -0.283. The first kappa shape index (κ1) is 19.7. The van der Waals surface area contributed by atoms with Gasteiger partial charge in [-0.05, 0) is 49.3 Å². The Kier molecular flexibility index (Phi) is 6.79. The Labute approximate surface area is 152 Å². The van der Waals surface area contributed by atoms with Crippen LogP contribution in [0.1, 0.15) is 50.4 Å². The van der Waals surface area contributed by atoms with Crippen molar-refractivity contribution in [3.8, 4) is 0 Å². The van der Waals surface area contributed by atoms with Crippen LogP contribution < -0.4 is 5.19 Å². The normalized spacial score (nSPS) is 23.7. The molecule has 1 aliphatic carbocycles. The van der Waals surface area contributed by atoms with Crippen LogP contribution in [-0.4, -0.2) is 20.1 Å². The van der Waals surface area contributed by atoms with E-state index in [0.717, 1.165) is 25.3 Å². The van der Waals surface area contributed by atoms with Crippen LogP contribution in [-0.2, 0) is 9.78 Å². The zero-order valence-electron chi connectivity index (χ0n) is 15.7. The van der Waals surface area contributed by atoms with Crippen LogP contribution in [0.15, 0.2) is 48.8 Å². The first-order chi connectivity index (χ1) is 12.0. The monoisotopic (exact) mass is 358 g/mol. The van der Waals surface area contributed by atoms with Gasteiger partial charge in [0.1, 0.15) is 14.2 Å². The number of rotatable bonds is 7. The average molecular weight is 359 g/mol.